The van der Waals surface area contributed by atoms with Gasteiger partial charge in [-0.3, -0.25) is 9.59 Å². The van der Waals surface area contributed by atoms with E-state index in [1.165, 1.54) is 0 Å². The van der Waals surface area contributed by atoms with Crippen LogP contribution in [0.2, 0.25) is 0 Å². The molecule has 38 heavy (non-hydrogen) atoms. The number of benzene rings is 3. The number of nitrogens with one attached hydrogen (secondary N) is 2. The highest BCUT2D eigenvalue weighted by Gasteiger charge is 2.37. The van der Waals surface area contributed by atoms with Gasteiger partial charge < -0.3 is 20.3 Å². The summed E-state index contributed by atoms with van der Waals surface area (Å²) < 4.78 is 5.44. The van der Waals surface area contributed by atoms with Gasteiger partial charge in [0.05, 0.1) is 30.1 Å². The molecule has 0 aliphatic carbocycles. The molecule has 1 unspecified atom stereocenters. The van der Waals surface area contributed by atoms with Crippen molar-refractivity contribution in [1.82, 2.24) is 4.90 Å². The van der Waals surface area contributed by atoms with Gasteiger partial charge in [-0.2, -0.15) is 0 Å². The minimum Gasteiger partial charge on any atom is -0.495 e. The number of para-hydroxylation sites is 2. The maximum atomic E-state index is 13.8. The van der Waals surface area contributed by atoms with Crippen molar-refractivity contribution >= 4 is 40.1 Å². The molecule has 1 atom stereocenters. The summed E-state index contributed by atoms with van der Waals surface area (Å²) in [5, 5.41) is 6.99. The van der Waals surface area contributed by atoms with Crippen molar-refractivity contribution < 1.29 is 14.3 Å². The molecule has 3 aromatic rings. The molecule has 3 aromatic carbocycles. The molecular weight excluding hydrogens is 496 g/mol. The summed E-state index contributed by atoms with van der Waals surface area (Å²) in [4.78, 5) is 33.8. The number of anilines is 2. The molecular formula is C30H30N4O3S. The monoisotopic (exact) mass is 526 g/mol. The first-order valence-corrected chi connectivity index (χ1v) is 13.5. The number of rotatable bonds is 6. The number of aryl methyl sites for hydroxylation is 1. The Balaban J connectivity index is 1.50. The van der Waals surface area contributed by atoms with Crippen LogP contribution >= 0.6 is 11.8 Å². The van der Waals surface area contributed by atoms with E-state index in [1.807, 2.05) is 86.6 Å². The van der Waals surface area contributed by atoms with Crippen LogP contribution in [-0.2, 0) is 4.79 Å². The predicted octanol–water partition coefficient (Wildman–Crippen LogP) is 6.02. The number of allylic oxidation sites excluding steroid dienone is 1. The van der Waals surface area contributed by atoms with Crippen LogP contribution in [0.1, 0.15) is 40.9 Å². The SMILES string of the molecule is COc1ccccc1NC(=O)C1=C(C)N=C2SCCCN2C1c1cccc(NC(=O)c2ccccc2C)c1. The van der Waals surface area contributed by atoms with Gasteiger partial charge in [0, 0.05) is 23.5 Å². The van der Waals surface area contributed by atoms with E-state index in [4.69, 9.17) is 9.73 Å². The van der Waals surface area contributed by atoms with Crippen LogP contribution < -0.4 is 15.4 Å². The van der Waals surface area contributed by atoms with Gasteiger partial charge in [-0.1, -0.05) is 54.2 Å². The van der Waals surface area contributed by atoms with Crippen LogP contribution in [-0.4, -0.2) is 41.3 Å². The minimum atomic E-state index is -0.347. The van der Waals surface area contributed by atoms with Crippen molar-refractivity contribution in [3.8, 4) is 5.75 Å². The molecule has 8 heteroatoms. The van der Waals surface area contributed by atoms with Gasteiger partial charge >= 0.3 is 0 Å². The maximum absolute atomic E-state index is 13.8. The zero-order chi connectivity index (χ0) is 26.6. The second-order valence-corrected chi connectivity index (χ2v) is 10.3. The summed E-state index contributed by atoms with van der Waals surface area (Å²) in [5.74, 6) is 1.18. The van der Waals surface area contributed by atoms with Gasteiger partial charge in [-0.25, -0.2) is 4.99 Å². The molecule has 2 aliphatic rings. The third-order valence-electron chi connectivity index (χ3n) is 6.71. The molecule has 2 heterocycles. The standard InChI is InChI=1S/C30H30N4O3S/c1-19-10-4-5-13-23(19)28(35)32-22-12-8-11-21(18-22)27-26(20(2)31-30-34(27)16-9-17-38-30)29(36)33-24-14-6-7-15-25(24)37-3/h4-8,10-15,18,27H,9,16-17H2,1-3H3,(H,32,35)(H,33,36). The normalized spacial score (nSPS) is 16.9. The average molecular weight is 527 g/mol. The number of amidine groups is 1. The molecule has 194 valence electrons. The number of thioether (sulfide) groups is 1. The molecule has 5 rings (SSSR count). The van der Waals surface area contributed by atoms with E-state index in [9.17, 15) is 9.59 Å². The van der Waals surface area contributed by atoms with E-state index in [0.29, 0.717) is 34.0 Å². The molecule has 2 N–H and O–H groups in total. The second kappa shape index (κ2) is 11.1. The number of ether oxygens (including phenoxy) is 1. The van der Waals surface area contributed by atoms with Crippen molar-refractivity contribution in [3.05, 3.63) is 101 Å². The number of carbonyl (C=O) groups excluding carboxylic acids is 2. The predicted molar refractivity (Wildman–Crippen MR) is 154 cm³/mol. The number of carbonyl (C=O) groups is 2. The highest BCUT2D eigenvalue weighted by Crippen LogP contribution is 2.40. The van der Waals surface area contributed by atoms with Crippen LogP contribution in [0, 0.1) is 6.92 Å². The molecule has 2 aliphatic heterocycles. The quantitative estimate of drug-likeness (QED) is 0.411. The van der Waals surface area contributed by atoms with Gasteiger partial charge in [0.25, 0.3) is 11.8 Å². The maximum Gasteiger partial charge on any atom is 0.255 e. The van der Waals surface area contributed by atoms with Crippen LogP contribution in [0.25, 0.3) is 0 Å². The van der Waals surface area contributed by atoms with E-state index >= 15 is 0 Å². The Hall–Kier alpha value is -4.04. The molecule has 0 bridgehead atoms. The number of aliphatic imine (C=N–C) groups is 1. The lowest BCUT2D eigenvalue weighted by atomic mass is 9.93. The summed E-state index contributed by atoms with van der Waals surface area (Å²) in [5.41, 5.74) is 4.97. The Kier molecular flexibility index (Phi) is 7.51. The first-order valence-electron chi connectivity index (χ1n) is 12.6. The van der Waals surface area contributed by atoms with Crippen LogP contribution in [0.5, 0.6) is 5.75 Å². The van der Waals surface area contributed by atoms with Gasteiger partial charge in [0.2, 0.25) is 0 Å². The molecule has 7 nitrogen and oxygen atoms in total. The third-order valence-corrected chi connectivity index (χ3v) is 7.78. The second-order valence-electron chi connectivity index (χ2n) is 9.24. The molecule has 0 radical (unpaired) electrons. The summed E-state index contributed by atoms with van der Waals surface area (Å²) in [6.07, 6.45) is 0.990. The van der Waals surface area contributed by atoms with E-state index in [2.05, 4.69) is 15.5 Å². The summed E-state index contributed by atoms with van der Waals surface area (Å²) >= 11 is 1.71. The molecule has 1 fully saturated rings. The van der Waals surface area contributed by atoms with Crippen molar-refractivity contribution in [1.29, 1.82) is 0 Å². The van der Waals surface area contributed by atoms with Crippen LogP contribution in [0.4, 0.5) is 11.4 Å². The summed E-state index contributed by atoms with van der Waals surface area (Å²) in [6.45, 7) is 4.59. The molecule has 0 spiro atoms. The van der Waals surface area contributed by atoms with Gasteiger partial charge in [-0.15, -0.1) is 0 Å². The van der Waals surface area contributed by atoms with Crippen molar-refractivity contribution in [2.45, 2.75) is 26.3 Å². The molecule has 2 amide bonds. The van der Waals surface area contributed by atoms with Crippen LogP contribution in [0.15, 0.2) is 89.1 Å². The Morgan fingerprint density at radius 2 is 1.76 bits per heavy atom. The lowest BCUT2D eigenvalue weighted by Crippen LogP contribution is -2.43. The number of fused-ring (bicyclic) bond motifs is 1. The fraction of sp³-hybridized carbons (Fsp3) is 0.233. The number of hydrogen-bond donors (Lipinski definition) is 2. The van der Waals surface area contributed by atoms with Crippen molar-refractivity contribution in [2.75, 3.05) is 30.0 Å². The van der Waals surface area contributed by atoms with E-state index < -0.39 is 0 Å². The Labute approximate surface area is 227 Å². The van der Waals surface area contributed by atoms with Gasteiger partial charge in [0.15, 0.2) is 5.17 Å². The van der Waals surface area contributed by atoms with Crippen molar-refractivity contribution in [3.63, 3.8) is 0 Å². The zero-order valence-corrected chi connectivity index (χ0v) is 22.5. The molecule has 0 aromatic heterocycles. The zero-order valence-electron chi connectivity index (χ0n) is 21.7. The Bertz CT molecular complexity index is 1450. The topological polar surface area (TPSA) is 83.0 Å². The lowest BCUT2D eigenvalue weighted by molar-refractivity contribution is -0.113. The number of nitrogens with zero attached hydrogens (tertiary/aromatic N) is 2. The average Bonchev–Trinajstić information content (AvgIpc) is 2.92. The van der Waals surface area contributed by atoms with Gasteiger partial charge in [-0.05, 0) is 61.7 Å². The molecule has 0 saturated carbocycles. The highest BCUT2D eigenvalue weighted by molar-refractivity contribution is 8.13. The smallest absolute Gasteiger partial charge is 0.255 e. The third kappa shape index (κ3) is 5.17. The number of amides is 2. The first kappa shape index (κ1) is 25.6. The largest absolute Gasteiger partial charge is 0.495 e. The van der Waals surface area contributed by atoms with Crippen LogP contribution in [0.3, 0.4) is 0 Å². The number of methoxy groups -OCH3 is 1. The minimum absolute atomic E-state index is 0.166. The first-order chi connectivity index (χ1) is 18.5. The number of hydrogen-bond acceptors (Lipinski definition) is 6. The van der Waals surface area contributed by atoms with Gasteiger partial charge in [0.1, 0.15) is 5.75 Å². The van der Waals surface area contributed by atoms with E-state index in [0.717, 1.165) is 35.0 Å². The summed E-state index contributed by atoms with van der Waals surface area (Å²) in [7, 11) is 1.58. The lowest BCUT2D eigenvalue weighted by Gasteiger charge is -2.41. The summed E-state index contributed by atoms with van der Waals surface area (Å²) in [6, 6.07) is 22.2. The fourth-order valence-corrected chi connectivity index (χ4v) is 5.88. The van der Waals surface area contributed by atoms with E-state index in [-0.39, 0.29) is 17.9 Å². The highest BCUT2D eigenvalue weighted by atomic mass is 32.2. The fourth-order valence-electron chi connectivity index (χ4n) is 4.86. The Morgan fingerprint density at radius 1 is 0.974 bits per heavy atom. The van der Waals surface area contributed by atoms with E-state index in [1.54, 1.807) is 18.9 Å². The molecule has 1 saturated heterocycles. The Morgan fingerprint density at radius 3 is 2.58 bits per heavy atom. The van der Waals surface area contributed by atoms with Crippen molar-refractivity contribution in [2.24, 2.45) is 4.99 Å².